The Hall–Kier alpha value is -2.93. The Labute approximate surface area is 164 Å². The molecule has 2 aromatic carbocycles. The Balaban J connectivity index is 1.74. The highest BCUT2D eigenvalue weighted by atomic mass is 32.2. The average Bonchev–Trinajstić information content (AvgIpc) is 3.32. The highest BCUT2D eigenvalue weighted by Gasteiger charge is 2.34. The van der Waals surface area contributed by atoms with Gasteiger partial charge in [0.15, 0.2) is 9.84 Å². The van der Waals surface area contributed by atoms with Crippen LogP contribution in [0.4, 0.5) is 0 Å². The summed E-state index contributed by atoms with van der Waals surface area (Å²) in [5.41, 5.74) is 2.74. The van der Waals surface area contributed by atoms with Gasteiger partial charge in [0.25, 0.3) is 5.91 Å². The number of sulfone groups is 1. The first-order valence-corrected chi connectivity index (χ1v) is 10.9. The van der Waals surface area contributed by atoms with Gasteiger partial charge in [0.05, 0.1) is 22.8 Å². The molecule has 0 bridgehead atoms. The van der Waals surface area contributed by atoms with Crippen molar-refractivity contribution in [3.63, 3.8) is 0 Å². The number of rotatable bonds is 4. The molecule has 1 unspecified atom stereocenters. The number of hydrogen-bond acceptors (Lipinski definition) is 4. The van der Waals surface area contributed by atoms with Crippen LogP contribution in [0.1, 0.15) is 16.8 Å². The monoisotopic (exact) mass is 395 g/mol. The topological polar surface area (TPSA) is 72.3 Å². The molecule has 1 aromatic heterocycles. The fourth-order valence-electron chi connectivity index (χ4n) is 3.49. The summed E-state index contributed by atoms with van der Waals surface area (Å²) in [6.07, 6.45) is 2.19. The number of para-hydroxylation sites is 1. The van der Waals surface area contributed by atoms with E-state index in [0.717, 1.165) is 11.3 Å². The first-order valence-electron chi connectivity index (χ1n) is 9.13. The third-order valence-electron chi connectivity index (χ3n) is 5.09. The molecule has 0 N–H and O–H groups in total. The lowest BCUT2D eigenvalue weighted by atomic mass is 10.1. The van der Waals surface area contributed by atoms with Gasteiger partial charge in [-0.15, -0.1) is 0 Å². The zero-order valence-electron chi connectivity index (χ0n) is 15.5. The highest BCUT2D eigenvalue weighted by molar-refractivity contribution is 7.91. The second-order valence-corrected chi connectivity index (χ2v) is 9.24. The first kappa shape index (κ1) is 18.4. The van der Waals surface area contributed by atoms with Crippen molar-refractivity contribution >= 4 is 15.7 Å². The molecule has 1 aliphatic rings. The van der Waals surface area contributed by atoms with E-state index in [0.29, 0.717) is 17.7 Å². The number of hydrogen-bond donors (Lipinski definition) is 0. The Morgan fingerprint density at radius 1 is 1.07 bits per heavy atom. The van der Waals surface area contributed by atoms with Crippen molar-refractivity contribution in [3.05, 3.63) is 72.4 Å². The molecule has 144 valence electrons. The minimum atomic E-state index is -3.07. The molecule has 3 aromatic rings. The molecule has 6 nitrogen and oxygen atoms in total. The lowest BCUT2D eigenvalue weighted by Gasteiger charge is -2.23. The van der Waals surface area contributed by atoms with E-state index in [-0.39, 0.29) is 23.5 Å². The van der Waals surface area contributed by atoms with Crippen LogP contribution < -0.4 is 0 Å². The number of carbonyl (C=O) groups excluding carboxylic acids is 1. The molecule has 0 saturated carbocycles. The van der Waals surface area contributed by atoms with Gasteiger partial charge in [0.2, 0.25) is 0 Å². The molecule has 2 heterocycles. The number of benzene rings is 2. The predicted octanol–water partition coefficient (Wildman–Crippen LogP) is 2.80. The minimum Gasteiger partial charge on any atom is -0.338 e. The molecule has 1 amide bonds. The Morgan fingerprint density at radius 3 is 2.32 bits per heavy atom. The molecule has 1 aliphatic heterocycles. The maximum Gasteiger partial charge on any atom is 0.257 e. The van der Waals surface area contributed by atoms with E-state index in [1.807, 2.05) is 60.7 Å². The summed E-state index contributed by atoms with van der Waals surface area (Å²) in [4.78, 5) is 14.8. The molecular weight excluding hydrogens is 374 g/mol. The second kappa shape index (κ2) is 7.24. The highest BCUT2D eigenvalue weighted by Crippen LogP contribution is 2.26. The summed E-state index contributed by atoms with van der Waals surface area (Å²) >= 11 is 0. The van der Waals surface area contributed by atoms with Crippen molar-refractivity contribution in [2.75, 3.05) is 18.6 Å². The summed E-state index contributed by atoms with van der Waals surface area (Å²) in [6.45, 7) is 0. The van der Waals surface area contributed by atoms with Crippen LogP contribution in [-0.2, 0) is 9.84 Å². The van der Waals surface area contributed by atoms with Crippen LogP contribution in [0.5, 0.6) is 0 Å². The summed E-state index contributed by atoms with van der Waals surface area (Å²) in [5, 5.41) is 4.66. The van der Waals surface area contributed by atoms with Crippen LogP contribution in [0.25, 0.3) is 16.9 Å². The lowest BCUT2D eigenvalue weighted by Crippen LogP contribution is -2.37. The molecule has 1 saturated heterocycles. The van der Waals surface area contributed by atoms with Gasteiger partial charge in [-0.05, 0) is 18.6 Å². The van der Waals surface area contributed by atoms with Gasteiger partial charge >= 0.3 is 0 Å². The van der Waals surface area contributed by atoms with E-state index in [1.165, 1.54) is 0 Å². The van der Waals surface area contributed by atoms with Gasteiger partial charge in [0, 0.05) is 24.8 Å². The van der Waals surface area contributed by atoms with Crippen LogP contribution in [0.2, 0.25) is 0 Å². The van der Waals surface area contributed by atoms with Crippen molar-refractivity contribution in [3.8, 4) is 16.9 Å². The summed E-state index contributed by atoms with van der Waals surface area (Å²) in [5.74, 6) is -0.0736. The van der Waals surface area contributed by atoms with E-state index in [9.17, 15) is 13.2 Å². The maximum atomic E-state index is 13.3. The van der Waals surface area contributed by atoms with E-state index >= 15 is 0 Å². The molecule has 7 heteroatoms. The third-order valence-corrected chi connectivity index (χ3v) is 6.84. The first-order chi connectivity index (χ1) is 13.4. The molecule has 28 heavy (non-hydrogen) atoms. The number of aromatic nitrogens is 2. The molecule has 0 radical (unpaired) electrons. The minimum absolute atomic E-state index is 0.0166. The zero-order chi connectivity index (χ0) is 19.7. The number of nitrogens with zero attached hydrogens (tertiary/aromatic N) is 3. The molecule has 1 fully saturated rings. The second-order valence-electron chi connectivity index (χ2n) is 7.01. The predicted molar refractivity (Wildman–Crippen MR) is 108 cm³/mol. The maximum absolute atomic E-state index is 13.3. The fraction of sp³-hybridized carbons (Fsp3) is 0.238. The molecular formula is C21H21N3O3S. The quantitative estimate of drug-likeness (QED) is 0.681. The van der Waals surface area contributed by atoms with Gasteiger partial charge in [-0.2, -0.15) is 5.10 Å². The largest absolute Gasteiger partial charge is 0.338 e. The van der Waals surface area contributed by atoms with Crippen LogP contribution in [0.3, 0.4) is 0 Å². The number of amides is 1. The normalized spacial score (nSPS) is 18.1. The number of carbonyl (C=O) groups is 1. The van der Waals surface area contributed by atoms with Crippen molar-refractivity contribution < 1.29 is 13.2 Å². The summed E-state index contributed by atoms with van der Waals surface area (Å²) < 4.78 is 25.3. The smallest absolute Gasteiger partial charge is 0.257 e. The zero-order valence-corrected chi connectivity index (χ0v) is 16.3. The molecule has 4 rings (SSSR count). The van der Waals surface area contributed by atoms with E-state index in [4.69, 9.17) is 0 Å². The van der Waals surface area contributed by atoms with Crippen LogP contribution in [0, 0.1) is 0 Å². The van der Waals surface area contributed by atoms with Crippen LogP contribution >= 0.6 is 0 Å². The fourth-order valence-corrected chi connectivity index (χ4v) is 5.26. The Morgan fingerprint density at radius 2 is 1.71 bits per heavy atom. The standard InChI is InChI=1S/C21H21N3O3S/c1-23(18-12-13-28(26,27)15-18)21(25)19-14-24(17-10-6-3-7-11-17)22-20(19)16-8-4-2-5-9-16/h2-11,14,18H,12-13,15H2,1H3. The van der Waals surface area contributed by atoms with Crippen molar-refractivity contribution in [1.29, 1.82) is 0 Å². The van der Waals surface area contributed by atoms with Crippen molar-refractivity contribution in [2.24, 2.45) is 0 Å². The van der Waals surface area contributed by atoms with Gasteiger partial charge in [0.1, 0.15) is 5.69 Å². The summed E-state index contributed by atoms with van der Waals surface area (Å²) in [6, 6.07) is 18.8. The molecule has 1 atom stereocenters. The summed E-state index contributed by atoms with van der Waals surface area (Å²) in [7, 11) is -1.40. The van der Waals surface area contributed by atoms with Crippen LogP contribution in [-0.4, -0.2) is 53.6 Å². The van der Waals surface area contributed by atoms with E-state index < -0.39 is 9.84 Å². The van der Waals surface area contributed by atoms with Gasteiger partial charge in [-0.1, -0.05) is 48.5 Å². The Kier molecular flexibility index (Phi) is 4.77. The SMILES string of the molecule is CN(C(=O)c1cn(-c2ccccc2)nc1-c1ccccc1)C1CCS(=O)(=O)C1. The van der Waals surface area contributed by atoms with Crippen LogP contribution in [0.15, 0.2) is 66.9 Å². The van der Waals surface area contributed by atoms with Crippen molar-refractivity contribution in [2.45, 2.75) is 12.5 Å². The van der Waals surface area contributed by atoms with Gasteiger partial charge < -0.3 is 4.90 Å². The Bertz CT molecular complexity index is 1090. The van der Waals surface area contributed by atoms with Gasteiger partial charge in [-0.25, -0.2) is 13.1 Å². The average molecular weight is 395 g/mol. The van der Waals surface area contributed by atoms with E-state index in [1.54, 1.807) is 22.8 Å². The third kappa shape index (κ3) is 3.57. The van der Waals surface area contributed by atoms with E-state index in [2.05, 4.69) is 5.10 Å². The van der Waals surface area contributed by atoms with Gasteiger partial charge in [-0.3, -0.25) is 4.79 Å². The molecule has 0 spiro atoms. The molecule has 0 aliphatic carbocycles. The van der Waals surface area contributed by atoms with Crippen molar-refractivity contribution in [1.82, 2.24) is 14.7 Å². The lowest BCUT2D eigenvalue weighted by molar-refractivity contribution is 0.0748.